The molecular weight excluding hydrogens is 386 g/mol. The third kappa shape index (κ3) is 4.54. The third-order valence-corrected chi connectivity index (χ3v) is 4.22. The third-order valence-electron chi connectivity index (χ3n) is 4.22. The van der Waals surface area contributed by atoms with Crippen LogP contribution in [0.4, 0.5) is 11.4 Å². The Morgan fingerprint density at radius 2 is 2.03 bits per heavy atom. The van der Waals surface area contributed by atoms with Gasteiger partial charge in [0.15, 0.2) is 0 Å². The highest BCUT2D eigenvalue weighted by Crippen LogP contribution is 2.34. The number of nitro benzene ring substituents is 1. The van der Waals surface area contributed by atoms with Gasteiger partial charge in [-0.1, -0.05) is 12.1 Å². The van der Waals surface area contributed by atoms with Gasteiger partial charge >= 0.3 is 0 Å². The van der Waals surface area contributed by atoms with Gasteiger partial charge in [0.05, 0.1) is 23.7 Å². The lowest BCUT2D eigenvalue weighted by Crippen LogP contribution is -2.13. The Morgan fingerprint density at radius 1 is 1.23 bits per heavy atom. The minimum absolute atomic E-state index is 0.109. The summed E-state index contributed by atoms with van der Waals surface area (Å²) in [6.07, 6.45) is 1.33. The second kappa shape index (κ2) is 8.75. The first-order chi connectivity index (χ1) is 14.4. The summed E-state index contributed by atoms with van der Waals surface area (Å²) in [4.78, 5) is 22.8. The molecule has 0 unspecified atom stereocenters. The van der Waals surface area contributed by atoms with E-state index in [1.165, 1.54) is 31.4 Å². The molecule has 0 atom stereocenters. The van der Waals surface area contributed by atoms with E-state index in [1.807, 2.05) is 19.1 Å². The number of nitro groups is 1. The fourth-order valence-electron chi connectivity index (χ4n) is 2.78. The van der Waals surface area contributed by atoms with E-state index in [2.05, 4.69) is 5.32 Å². The Balaban J connectivity index is 1.86. The van der Waals surface area contributed by atoms with Gasteiger partial charge in [0, 0.05) is 17.8 Å². The molecule has 150 valence electrons. The highest BCUT2D eigenvalue weighted by atomic mass is 16.6. The molecule has 0 bridgehead atoms. The lowest BCUT2D eigenvalue weighted by molar-refractivity contribution is -0.384. The summed E-state index contributed by atoms with van der Waals surface area (Å²) in [7, 11) is 1.40. The number of hydrogen-bond acceptors (Lipinski definition) is 6. The topological polar surface area (TPSA) is 118 Å². The fourth-order valence-corrected chi connectivity index (χ4v) is 2.78. The summed E-state index contributed by atoms with van der Waals surface area (Å²) in [5, 5.41) is 23.0. The summed E-state index contributed by atoms with van der Waals surface area (Å²) in [5.41, 5.74) is 1.82. The first-order valence-corrected chi connectivity index (χ1v) is 8.83. The summed E-state index contributed by atoms with van der Waals surface area (Å²) in [6, 6.07) is 16.4. The minimum Gasteiger partial charge on any atom is -0.496 e. The maximum atomic E-state index is 12.4. The summed E-state index contributed by atoms with van der Waals surface area (Å²) in [5.74, 6) is 0.367. The quantitative estimate of drug-likeness (QED) is 0.275. The van der Waals surface area contributed by atoms with Crippen molar-refractivity contribution in [1.29, 1.82) is 5.26 Å². The van der Waals surface area contributed by atoms with Gasteiger partial charge in [-0.05, 0) is 42.8 Å². The number of benzene rings is 2. The average Bonchev–Trinajstić information content (AvgIpc) is 3.19. The number of methoxy groups -OCH3 is 1. The van der Waals surface area contributed by atoms with Gasteiger partial charge in [-0.15, -0.1) is 0 Å². The average molecular weight is 403 g/mol. The molecule has 1 amide bonds. The lowest BCUT2D eigenvalue weighted by atomic mass is 10.1. The molecule has 2 aromatic carbocycles. The van der Waals surface area contributed by atoms with Gasteiger partial charge < -0.3 is 14.5 Å². The van der Waals surface area contributed by atoms with Crippen molar-refractivity contribution in [3.63, 3.8) is 0 Å². The lowest BCUT2D eigenvalue weighted by Gasteiger charge is -2.06. The predicted molar refractivity (Wildman–Crippen MR) is 111 cm³/mol. The molecule has 0 fully saturated rings. The van der Waals surface area contributed by atoms with Crippen molar-refractivity contribution in [3.8, 4) is 23.1 Å². The van der Waals surface area contributed by atoms with Crippen LogP contribution in [0.5, 0.6) is 5.75 Å². The molecule has 3 aromatic rings. The number of non-ortho nitro benzene ring substituents is 1. The Bertz CT molecular complexity index is 1190. The molecule has 8 nitrogen and oxygen atoms in total. The number of rotatable bonds is 6. The van der Waals surface area contributed by atoms with Crippen molar-refractivity contribution >= 4 is 23.4 Å². The summed E-state index contributed by atoms with van der Waals surface area (Å²) in [6.45, 7) is 1.90. The van der Waals surface area contributed by atoms with Crippen LogP contribution < -0.4 is 10.1 Å². The van der Waals surface area contributed by atoms with Crippen LogP contribution in [-0.4, -0.2) is 17.9 Å². The molecule has 0 aliphatic heterocycles. The molecule has 1 heterocycles. The zero-order chi connectivity index (χ0) is 21.7. The van der Waals surface area contributed by atoms with Crippen molar-refractivity contribution in [1.82, 2.24) is 0 Å². The highest BCUT2D eigenvalue weighted by Gasteiger charge is 2.16. The number of aryl methyl sites for hydroxylation is 1. The van der Waals surface area contributed by atoms with Crippen molar-refractivity contribution in [2.75, 3.05) is 12.4 Å². The number of anilines is 1. The largest absolute Gasteiger partial charge is 0.496 e. The van der Waals surface area contributed by atoms with Crippen molar-refractivity contribution < 1.29 is 18.9 Å². The van der Waals surface area contributed by atoms with E-state index in [1.54, 1.807) is 30.3 Å². The van der Waals surface area contributed by atoms with Crippen LogP contribution in [0.25, 0.3) is 17.4 Å². The monoisotopic (exact) mass is 403 g/mol. The van der Waals surface area contributed by atoms with Crippen LogP contribution in [0.2, 0.25) is 0 Å². The van der Waals surface area contributed by atoms with Gasteiger partial charge in [-0.25, -0.2) is 0 Å². The van der Waals surface area contributed by atoms with Crippen LogP contribution in [0.1, 0.15) is 11.3 Å². The second-order valence-corrected chi connectivity index (χ2v) is 6.34. The fraction of sp³-hybridized carbons (Fsp3) is 0.0909. The summed E-state index contributed by atoms with van der Waals surface area (Å²) < 4.78 is 10.9. The molecule has 0 aliphatic carbocycles. The normalized spacial score (nSPS) is 10.9. The Hall–Kier alpha value is -4.38. The predicted octanol–water partition coefficient (Wildman–Crippen LogP) is 4.72. The van der Waals surface area contributed by atoms with Gasteiger partial charge in [-0.3, -0.25) is 14.9 Å². The molecule has 1 N–H and O–H groups in total. The Kier molecular flexibility index (Phi) is 5.94. The Morgan fingerprint density at radius 3 is 2.70 bits per heavy atom. The molecule has 0 radical (unpaired) electrons. The number of furan rings is 1. The van der Waals surface area contributed by atoms with E-state index in [0.717, 1.165) is 5.56 Å². The molecule has 1 aromatic heterocycles. The minimum atomic E-state index is -0.561. The van der Waals surface area contributed by atoms with Gasteiger partial charge in [-0.2, -0.15) is 5.26 Å². The number of hydrogen-bond donors (Lipinski definition) is 1. The molecule has 30 heavy (non-hydrogen) atoms. The number of ether oxygens (including phenoxy) is 1. The van der Waals surface area contributed by atoms with Crippen LogP contribution in [0.15, 0.2) is 64.6 Å². The van der Waals surface area contributed by atoms with E-state index in [4.69, 9.17) is 9.15 Å². The van der Waals surface area contributed by atoms with Crippen LogP contribution in [-0.2, 0) is 4.79 Å². The smallest absolute Gasteiger partial charge is 0.273 e. The van der Waals surface area contributed by atoms with E-state index in [0.29, 0.717) is 17.0 Å². The van der Waals surface area contributed by atoms with Crippen molar-refractivity contribution in [2.24, 2.45) is 0 Å². The Labute approximate surface area is 172 Å². The van der Waals surface area contributed by atoms with Crippen LogP contribution >= 0.6 is 0 Å². The van der Waals surface area contributed by atoms with E-state index in [9.17, 15) is 20.2 Å². The van der Waals surface area contributed by atoms with Gasteiger partial charge in [0.1, 0.15) is 28.9 Å². The molecule has 8 heteroatoms. The first kappa shape index (κ1) is 20.4. The van der Waals surface area contributed by atoms with Gasteiger partial charge in [0.25, 0.3) is 11.6 Å². The molecular formula is C22H17N3O5. The second-order valence-electron chi connectivity index (χ2n) is 6.34. The zero-order valence-corrected chi connectivity index (χ0v) is 16.2. The number of carbonyl (C=O) groups excluding carboxylic acids is 1. The van der Waals surface area contributed by atoms with Crippen LogP contribution in [0, 0.1) is 28.4 Å². The molecule has 0 spiro atoms. The summed E-state index contributed by atoms with van der Waals surface area (Å²) >= 11 is 0. The SMILES string of the molecule is COc1cc([N+](=O)[O-])ccc1-c1ccc(C=C(C#N)C(=O)Nc2cccc(C)c2)o1. The number of carbonyl (C=O) groups is 1. The van der Waals surface area contributed by atoms with Gasteiger partial charge in [0.2, 0.25) is 0 Å². The first-order valence-electron chi connectivity index (χ1n) is 8.83. The number of nitrogens with one attached hydrogen (secondary N) is 1. The maximum absolute atomic E-state index is 12.4. The van der Waals surface area contributed by atoms with Crippen molar-refractivity contribution in [3.05, 3.63) is 81.6 Å². The number of amides is 1. The molecule has 0 saturated heterocycles. The van der Waals surface area contributed by atoms with E-state index < -0.39 is 10.8 Å². The van der Waals surface area contributed by atoms with E-state index >= 15 is 0 Å². The van der Waals surface area contributed by atoms with Crippen LogP contribution in [0.3, 0.4) is 0 Å². The number of nitriles is 1. The standard InChI is InChI=1S/C22H17N3O5/c1-14-4-3-5-16(10-14)24-22(26)15(13-23)11-18-7-9-20(30-18)19-8-6-17(25(27)28)12-21(19)29-2/h3-12H,1-2H3,(H,24,26). The maximum Gasteiger partial charge on any atom is 0.273 e. The molecule has 0 saturated carbocycles. The molecule has 3 rings (SSSR count). The molecule has 0 aliphatic rings. The van der Waals surface area contributed by atoms with Crippen molar-refractivity contribution in [2.45, 2.75) is 6.92 Å². The zero-order valence-electron chi connectivity index (χ0n) is 16.2. The van der Waals surface area contributed by atoms with E-state index in [-0.39, 0.29) is 22.8 Å². The number of nitrogens with zero attached hydrogens (tertiary/aromatic N) is 2. The highest BCUT2D eigenvalue weighted by molar-refractivity contribution is 6.09.